The number of fused-ring (bicyclic) bond motifs is 1. The topological polar surface area (TPSA) is 126 Å². The van der Waals surface area contributed by atoms with Crippen LogP contribution in [0.2, 0.25) is 0 Å². The van der Waals surface area contributed by atoms with E-state index in [0.29, 0.717) is 62.2 Å². The minimum absolute atomic E-state index is 0.00321. The SMILES string of the molecule is Cc1cc(Nc2ncc3c(C)c(N4CCCC4=O)c(=O)n(C4CCCC4)c3n2)ncc1N1CCN(C(=O)OC(C)(C)C)CC1. The van der Waals surface area contributed by atoms with Crippen LogP contribution in [0, 0.1) is 13.8 Å². The van der Waals surface area contributed by atoms with Gasteiger partial charge in [-0.3, -0.25) is 14.2 Å². The minimum atomic E-state index is -0.518. The number of piperazine rings is 1. The summed E-state index contributed by atoms with van der Waals surface area (Å²) in [4.78, 5) is 58.8. The smallest absolute Gasteiger partial charge is 0.410 e. The Morgan fingerprint density at radius 3 is 2.34 bits per heavy atom. The van der Waals surface area contributed by atoms with Gasteiger partial charge >= 0.3 is 6.09 Å². The molecule has 0 spiro atoms. The van der Waals surface area contributed by atoms with Crippen LogP contribution < -0.4 is 20.7 Å². The van der Waals surface area contributed by atoms with Crippen LogP contribution >= 0.6 is 0 Å². The summed E-state index contributed by atoms with van der Waals surface area (Å²) in [6.45, 7) is 12.6. The average Bonchev–Trinajstić information content (AvgIpc) is 3.65. The highest BCUT2D eigenvalue weighted by Gasteiger charge is 2.31. The van der Waals surface area contributed by atoms with Crippen LogP contribution in [0.4, 0.5) is 27.9 Å². The maximum atomic E-state index is 14.0. The normalized spacial score (nSPS) is 18.0. The molecule has 0 unspecified atom stereocenters. The first kappa shape index (κ1) is 29.8. The summed E-state index contributed by atoms with van der Waals surface area (Å²) in [5, 5.41) is 4.02. The van der Waals surface area contributed by atoms with Crippen molar-refractivity contribution in [3.05, 3.63) is 39.9 Å². The van der Waals surface area contributed by atoms with Gasteiger partial charge < -0.3 is 24.8 Å². The van der Waals surface area contributed by atoms with Gasteiger partial charge in [0, 0.05) is 56.8 Å². The summed E-state index contributed by atoms with van der Waals surface area (Å²) >= 11 is 0. The number of amides is 2. The van der Waals surface area contributed by atoms with E-state index in [9.17, 15) is 14.4 Å². The second kappa shape index (κ2) is 11.7. The molecule has 2 aliphatic heterocycles. The number of hydrogen-bond donors (Lipinski definition) is 1. The third-order valence-electron chi connectivity index (χ3n) is 8.81. The number of hydrogen-bond acceptors (Lipinski definition) is 9. The van der Waals surface area contributed by atoms with Crippen LogP contribution in [0.3, 0.4) is 0 Å². The molecule has 3 fully saturated rings. The molecule has 1 aliphatic carbocycles. The van der Waals surface area contributed by atoms with Gasteiger partial charge in [0.05, 0.1) is 11.9 Å². The lowest BCUT2D eigenvalue weighted by molar-refractivity contribution is -0.117. The molecule has 12 heteroatoms. The summed E-state index contributed by atoms with van der Waals surface area (Å²) < 4.78 is 7.33. The highest BCUT2D eigenvalue weighted by molar-refractivity contribution is 5.98. The summed E-state index contributed by atoms with van der Waals surface area (Å²) in [5.74, 6) is 0.957. The van der Waals surface area contributed by atoms with Gasteiger partial charge in [0.15, 0.2) is 0 Å². The highest BCUT2D eigenvalue weighted by Crippen LogP contribution is 2.34. The van der Waals surface area contributed by atoms with Gasteiger partial charge in [-0.1, -0.05) is 12.8 Å². The highest BCUT2D eigenvalue weighted by atomic mass is 16.6. The summed E-state index contributed by atoms with van der Waals surface area (Å²) in [6.07, 6.45) is 8.47. The quantitative estimate of drug-likeness (QED) is 0.436. The molecule has 0 bridgehead atoms. The van der Waals surface area contributed by atoms with E-state index in [1.54, 1.807) is 16.0 Å². The van der Waals surface area contributed by atoms with Crippen LogP contribution in [-0.4, -0.2) is 74.7 Å². The fourth-order valence-electron chi connectivity index (χ4n) is 6.60. The van der Waals surface area contributed by atoms with Gasteiger partial charge in [0.25, 0.3) is 5.56 Å². The second-order valence-electron chi connectivity index (χ2n) is 13.1. The standard InChI is InChI=1S/C32H42N8O4/c1-20-17-25(33-19-24(20)37-13-15-38(16-14-37)31(43)44-32(3,4)5)35-30-34-18-23-21(2)27(39-12-8-11-26(39)41)29(42)40(28(23)36-30)22-9-6-7-10-22/h17-19,22H,6-16H2,1-5H3,(H,33,34,35,36). The molecule has 2 amide bonds. The number of pyridine rings is 2. The number of anilines is 4. The van der Waals surface area contributed by atoms with Crippen molar-refractivity contribution in [1.29, 1.82) is 0 Å². The first-order valence-corrected chi connectivity index (χ1v) is 15.7. The molecule has 12 nitrogen and oxygen atoms in total. The Bertz CT molecular complexity index is 1650. The van der Waals surface area contributed by atoms with E-state index < -0.39 is 5.60 Å². The monoisotopic (exact) mass is 602 g/mol. The lowest BCUT2D eigenvalue weighted by atomic mass is 10.1. The number of carbonyl (C=O) groups excluding carboxylic acids is 2. The van der Waals surface area contributed by atoms with Gasteiger partial charge in [-0.15, -0.1) is 0 Å². The lowest BCUT2D eigenvalue weighted by Crippen LogP contribution is -2.50. The Hall–Kier alpha value is -4.22. The van der Waals surface area contributed by atoms with E-state index in [-0.39, 0.29) is 23.6 Å². The molecule has 1 N–H and O–H groups in total. The fraction of sp³-hybridized carbons (Fsp3) is 0.562. The second-order valence-corrected chi connectivity index (χ2v) is 13.1. The summed E-state index contributed by atoms with van der Waals surface area (Å²) in [6, 6.07) is 2.00. The van der Waals surface area contributed by atoms with Crippen LogP contribution in [-0.2, 0) is 9.53 Å². The molecule has 3 aromatic rings. The molecule has 3 aromatic heterocycles. The third-order valence-corrected chi connectivity index (χ3v) is 8.81. The molecule has 234 valence electrons. The number of ether oxygens (including phenoxy) is 1. The van der Waals surface area contributed by atoms with Gasteiger partial charge in [0.2, 0.25) is 11.9 Å². The Labute approximate surface area is 257 Å². The molecule has 0 radical (unpaired) electrons. The summed E-state index contributed by atoms with van der Waals surface area (Å²) in [5.41, 5.74) is 3.18. The van der Waals surface area contributed by atoms with Crippen LogP contribution in [0.5, 0.6) is 0 Å². The number of carbonyl (C=O) groups is 2. The molecule has 3 aliphatic rings. The molecular weight excluding hydrogens is 560 g/mol. The van der Waals surface area contributed by atoms with Crippen LogP contribution in [0.15, 0.2) is 23.3 Å². The molecule has 0 aromatic carbocycles. The zero-order valence-corrected chi connectivity index (χ0v) is 26.4. The van der Waals surface area contributed by atoms with Gasteiger partial charge in [-0.2, -0.15) is 4.98 Å². The Balaban J connectivity index is 1.24. The molecule has 2 saturated heterocycles. The van der Waals surface area contributed by atoms with Crippen molar-refractivity contribution in [1.82, 2.24) is 24.4 Å². The van der Waals surface area contributed by atoms with Crippen LogP contribution in [0.1, 0.15) is 76.5 Å². The van der Waals surface area contributed by atoms with E-state index in [1.165, 1.54) is 0 Å². The number of nitrogens with one attached hydrogen (secondary N) is 1. The largest absolute Gasteiger partial charge is 0.444 e. The van der Waals surface area contributed by atoms with Gasteiger partial charge in [-0.05, 0) is 71.1 Å². The maximum absolute atomic E-state index is 14.0. The number of aromatic nitrogens is 4. The number of rotatable bonds is 5. The third kappa shape index (κ3) is 5.81. The molecule has 6 rings (SSSR count). The van der Waals surface area contributed by atoms with E-state index >= 15 is 0 Å². The molecule has 1 saturated carbocycles. The predicted molar refractivity (Wildman–Crippen MR) is 170 cm³/mol. The van der Waals surface area contributed by atoms with Crippen LogP contribution in [0.25, 0.3) is 11.0 Å². The van der Waals surface area contributed by atoms with Crippen molar-refractivity contribution >= 4 is 46.2 Å². The van der Waals surface area contributed by atoms with Crippen molar-refractivity contribution in [2.75, 3.05) is 47.8 Å². The average molecular weight is 603 g/mol. The first-order valence-electron chi connectivity index (χ1n) is 15.7. The van der Waals surface area contributed by atoms with E-state index in [1.807, 2.05) is 51.4 Å². The zero-order chi connectivity index (χ0) is 31.2. The predicted octanol–water partition coefficient (Wildman–Crippen LogP) is 4.85. The number of aryl methyl sites for hydroxylation is 2. The van der Waals surface area contributed by atoms with Gasteiger partial charge in [0.1, 0.15) is 22.8 Å². The molecular formula is C32H42N8O4. The van der Waals surface area contributed by atoms with Gasteiger partial charge in [-0.25, -0.2) is 14.8 Å². The fourth-order valence-corrected chi connectivity index (χ4v) is 6.60. The Morgan fingerprint density at radius 2 is 1.70 bits per heavy atom. The maximum Gasteiger partial charge on any atom is 0.410 e. The first-order chi connectivity index (χ1) is 21.0. The van der Waals surface area contributed by atoms with E-state index in [0.717, 1.165) is 54.3 Å². The van der Waals surface area contributed by atoms with Crippen molar-refractivity contribution in [3.63, 3.8) is 0 Å². The summed E-state index contributed by atoms with van der Waals surface area (Å²) in [7, 11) is 0. The zero-order valence-electron chi connectivity index (χ0n) is 26.4. The minimum Gasteiger partial charge on any atom is -0.444 e. The molecule has 5 heterocycles. The van der Waals surface area contributed by atoms with E-state index in [2.05, 4.69) is 20.2 Å². The van der Waals surface area contributed by atoms with Crippen molar-refractivity contribution in [2.45, 2.75) is 84.8 Å². The Morgan fingerprint density at radius 1 is 0.977 bits per heavy atom. The lowest BCUT2D eigenvalue weighted by Gasteiger charge is -2.37. The molecule has 0 atom stereocenters. The van der Waals surface area contributed by atoms with Crippen molar-refractivity contribution < 1.29 is 14.3 Å². The van der Waals surface area contributed by atoms with Crippen molar-refractivity contribution in [2.24, 2.45) is 0 Å². The van der Waals surface area contributed by atoms with Crippen molar-refractivity contribution in [3.8, 4) is 0 Å². The Kier molecular flexibility index (Phi) is 7.93. The number of nitrogens with zero attached hydrogens (tertiary/aromatic N) is 7. The van der Waals surface area contributed by atoms with E-state index in [4.69, 9.17) is 9.72 Å². The molecule has 44 heavy (non-hydrogen) atoms.